The van der Waals surface area contributed by atoms with Gasteiger partial charge in [0.1, 0.15) is 18.7 Å². The van der Waals surface area contributed by atoms with Gasteiger partial charge in [-0.05, 0) is 42.9 Å². The Morgan fingerprint density at radius 3 is 2.49 bits per heavy atom. The standard InChI is InChI=1S/C27H40N4O5S/c1-18(2)15-21(27(34)31-16-23(37-4)25-24(31)22(32)17-36-25)28-26(33)19-5-7-20(8-6-19)30-11-9-29(10-12-30)13-14-35-3/h5-8,18,21,23-25H,9-17H2,1-4H3,(H,28,33)/t21-,23-,24+,25+/m0/s1. The Kier molecular flexibility index (Phi) is 9.50. The van der Waals surface area contributed by atoms with Crippen LogP contribution in [0.25, 0.3) is 0 Å². The van der Waals surface area contributed by atoms with E-state index in [0.29, 0.717) is 18.5 Å². The second kappa shape index (κ2) is 12.6. The number of carbonyl (C=O) groups excluding carboxylic acids is 3. The maximum atomic E-state index is 13.6. The summed E-state index contributed by atoms with van der Waals surface area (Å²) in [5.41, 5.74) is 1.61. The van der Waals surface area contributed by atoms with Gasteiger partial charge >= 0.3 is 0 Å². The van der Waals surface area contributed by atoms with E-state index >= 15 is 0 Å². The van der Waals surface area contributed by atoms with Gasteiger partial charge in [-0.2, -0.15) is 11.8 Å². The Balaban J connectivity index is 1.39. The number of hydrogen-bond acceptors (Lipinski definition) is 8. The Bertz CT molecular complexity index is 951. The number of rotatable bonds is 10. The molecule has 0 bridgehead atoms. The predicted octanol–water partition coefficient (Wildman–Crippen LogP) is 1.51. The molecule has 1 N–H and O–H groups in total. The number of nitrogens with one attached hydrogen (secondary N) is 1. The highest BCUT2D eigenvalue weighted by molar-refractivity contribution is 7.99. The maximum absolute atomic E-state index is 13.6. The van der Waals surface area contributed by atoms with Gasteiger partial charge in [0.25, 0.3) is 5.91 Å². The average molecular weight is 533 g/mol. The molecular formula is C27H40N4O5S. The second-order valence-corrected chi connectivity index (χ2v) is 11.6. The van der Waals surface area contributed by atoms with E-state index in [4.69, 9.17) is 9.47 Å². The molecule has 1 aromatic carbocycles. The highest BCUT2D eigenvalue weighted by atomic mass is 32.2. The van der Waals surface area contributed by atoms with Crippen LogP contribution in [-0.2, 0) is 19.1 Å². The molecule has 0 aliphatic carbocycles. The van der Waals surface area contributed by atoms with Crippen LogP contribution >= 0.6 is 11.8 Å². The molecular weight excluding hydrogens is 492 g/mol. The molecule has 0 spiro atoms. The number of piperazine rings is 1. The number of methoxy groups -OCH3 is 1. The number of ether oxygens (including phenoxy) is 2. The maximum Gasteiger partial charge on any atom is 0.251 e. The first-order valence-corrected chi connectivity index (χ1v) is 14.5. The SMILES string of the molecule is COCCN1CCN(c2ccc(C(=O)N[C@@H](CC(C)C)C(=O)N3C[C@H](SC)[C@H]4OCC(=O)[C@H]43)cc2)CC1. The monoisotopic (exact) mass is 532 g/mol. The number of ketones is 1. The molecule has 3 saturated heterocycles. The topological polar surface area (TPSA) is 91.4 Å². The third-order valence-corrected chi connectivity index (χ3v) is 8.54. The van der Waals surface area contributed by atoms with Gasteiger partial charge in [-0.3, -0.25) is 19.3 Å². The third kappa shape index (κ3) is 6.47. The third-order valence-electron chi connectivity index (χ3n) is 7.51. The number of Topliss-reactive ketones (excluding diaryl/α,β-unsaturated/α-hetero) is 1. The van der Waals surface area contributed by atoms with Crippen molar-refractivity contribution < 1.29 is 23.9 Å². The first-order chi connectivity index (χ1) is 17.8. The van der Waals surface area contributed by atoms with Crippen molar-refractivity contribution in [2.45, 2.75) is 43.7 Å². The lowest BCUT2D eigenvalue weighted by Crippen LogP contribution is -2.52. The zero-order chi connectivity index (χ0) is 26.5. The van der Waals surface area contributed by atoms with E-state index < -0.39 is 12.1 Å². The summed E-state index contributed by atoms with van der Waals surface area (Å²) in [6.07, 6.45) is 2.21. The molecule has 3 aliphatic heterocycles. The molecule has 9 nitrogen and oxygen atoms in total. The van der Waals surface area contributed by atoms with Gasteiger partial charge in [-0.15, -0.1) is 0 Å². The van der Waals surface area contributed by atoms with Crippen LogP contribution in [0.2, 0.25) is 0 Å². The highest BCUT2D eigenvalue weighted by Gasteiger charge is 2.52. The van der Waals surface area contributed by atoms with Crippen molar-refractivity contribution in [1.82, 2.24) is 15.1 Å². The van der Waals surface area contributed by atoms with Gasteiger partial charge in [0.05, 0.1) is 18.0 Å². The summed E-state index contributed by atoms with van der Waals surface area (Å²) < 4.78 is 10.9. The molecule has 10 heteroatoms. The molecule has 3 fully saturated rings. The van der Waals surface area contributed by atoms with Gasteiger partial charge in [0.2, 0.25) is 5.91 Å². The Morgan fingerprint density at radius 1 is 1.16 bits per heavy atom. The van der Waals surface area contributed by atoms with E-state index in [2.05, 4.69) is 15.1 Å². The zero-order valence-corrected chi connectivity index (χ0v) is 23.2. The van der Waals surface area contributed by atoms with Crippen molar-refractivity contribution in [2.24, 2.45) is 5.92 Å². The molecule has 0 saturated carbocycles. The van der Waals surface area contributed by atoms with Gasteiger partial charge in [0.15, 0.2) is 5.78 Å². The predicted molar refractivity (Wildman–Crippen MR) is 145 cm³/mol. The van der Waals surface area contributed by atoms with Crippen molar-refractivity contribution in [3.05, 3.63) is 29.8 Å². The number of likely N-dealkylation sites (tertiary alicyclic amines) is 1. The lowest BCUT2D eigenvalue weighted by molar-refractivity contribution is -0.138. The summed E-state index contributed by atoms with van der Waals surface area (Å²) >= 11 is 1.61. The first kappa shape index (κ1) is 27.9. The van der Waals surface area contributed by atoms with E-state index in [9.17, 15) is 14.4 Å². The second-order valence-electron chi connectivity index (χ2n) is 10.5. The minimum atomic E-state index is -0.693. The van der Waals surface area contributed by atoms with Crippen LogP contribution in [0, 0.1) is 5.92 Å². The summed E-state index contributed by atoms with van der Waals surface area (Å²) in [6, 6.07) is 6.35. The van der Waals surface area contributed by atoms with Crippen LogP contribution in [0.3, 0.4) is 0 Å². The van der Waals surface area contributed by atoms with E-state index in [1.807, 2.05) is 44.4 Å². The normalized spacial score (nSPS) is 25.0. The Hall–Kier alpha value is -2.14. The number of hydrogen-bond donors (Lipinski definition) is 1. The summed E-state index contributed by atoms with van der Waals surface area (Å²) in [4.78, 5) is 45.7. The van der Waals surface area contributed by atoms with Crippen molar-refractivity contribution >= 4 is 35.0 Å². The fourth-order valence-corrected chi connectivity index (χ4v) is 6.26. The number of amides is 2. The molecule has 4 atom stereocenters. The van der Waals surface area contributed by atoms with Crippen LogP contribution in [-0.4, -0.2) is 117 Å². The van der Waals surface area contributed by atoms with Crippen molar-refractivity contribution in [1.29, 1.82) is 0 Å². The molecule has 0 unspecified atom stereocenters. The quantitative estimate of drug-likeness (QED) is 0.485. The van der Waals surface area contributed by atoms with Crippen LogP contribution in [0.1, 0.15) is 30.6 Å². The lowest BCUT2D eigenvalue weighted by atomic mass is 10.0. The van der Waals surface area contributed by atoms with Gasteiger partial charge in [0, 0.05) is 57.6 Å². The smallest absolute Gasteiger partial charge is 0.251 e. The summed E-state index contributed by atoms with van der Waals surface area (Å²) in [7, 11) is 1.73. The van der Waals surface area contributed by atoms with Crippen molar-refractivity contribution in [3.63, 3.8) is 0 Å². The van der Waals surface area contributed by atoms with Crippen LogP contribution in [0.5, 0.6) is 0 Å². The van der Waals surface area contributed by atoms with E-state index in [1.165, 1.54) is 0 Å². The molecule has 204 valence electrons. The summed E-state index contributed by atoms with van der Waals surface area (Å²) in [6.45, 7) is 10.1. The van der Waals surface area contributed by atoms with Crippen molar-refractivity contribution in [3.8, 4) is 0 Å². The van der Waals surface area contributed by atoms with Crippen LogP contribution in [0.4, 0.5) is 5.69 Å². The van der Waals surface area contributed by atoms with E-state index in [0.717, 1.165) is 45.0 Å². The molecule has 1 aromatic rings. The van der Waals surface area contributed by atoms with Crippen molar-refractivity contribution in [2.75, 3.05) is 70.7 Å². The number of anilines is 1. The first-order valence-electron chi connectivity index (χ1n) is 13.2. The number of fused-ring (bicyclic) bond motifs is 1. The number of thioether (sulfide) groups is 1. The van der Waals surface area contributed by atoms with Crippen LogP contribution in [0.15, 0.2) is 24.3 Å². The summed E-state index contributed by atoms with van der Waals surface area (Å²) in [5, 5.41) is 3.03. The molecule has 3 aliphatic rings. The molecule has 4 rings (SSSR count). The van der Waals surface area contributed by atoms with Gasteiger partial charge in [-0.25, -0.2) is 0 Å². The molecule has 0 aromatic heterocycles. The minimum absolute atomic E-state index is 0.0476. The molecule has 3 heterocycles. The Morgan fingerprint density at radius 2 is 1.86 bits per heavy atom. The highest BCUT2D eigenvalue weighted by Crippen LogP contribution is 2.34. The molecule has 2 amide bonds. The van der Waals surface area contributed by atoms with E-state index in [-0.39, 0.29) is 41.5 Å². The van der Waals surface area contributed by atoms with Crippen LogP contribution < -0.4 is 10.2 Å². The lowest BCUT2D eigenvalue weighted by Gasteiger charge is -2.36. The fourth-order valence-electron chi connectivity index (χ4n) is 5.46. The largest absolute Gasteiger partial charge is 0.383 e. The zero-order valence-electron chi connectivity index (χ0n) is 22.4. The number of benzene rings is 1. The van der Waals surface area contributed by atoms with E-state index in [1.54, 1.807) is 23.8 Å². The average Bonchev–Trinajstić information content (AvgIpc) is 3.47. The fraction of sp³-hybridized carbons (Fsp3) is 0.667. The molecule has 37 heavy (non-hydrogen) atoms. The summed E-state index contributed by atoms with van der Waals surface area (Å²) in [5.74, 6) is -0.333. The Labute approximate surface area is 224 Å². The number of nitrogens with zero attached hydrogens (tertiary/aromatic N) is 3. The van der Waals surface area contributed by atoms with Gasteiger partial charge in [-0.1, -0.05) is 13.8 Å². The molecule has 0 radical (unpaired) electrons. The minimum Gasteiger partial charge on any atom is -0.383 e. The van der Waals surface area contributed by atoms with Gasteiger partial charge < -0.3 is 24.6 Å². The number of carbonyl (C=O) groups is 3.